The summed E-state index contributed by atoms with van der Waals surface area (Å²) < 4.78 is 13.8. The molecule has 1 N–H and O–H groups in total. The number of aromatic hydroxyl groups is 1. The molecule has 0 aromatic heterocycles. The predicted molar refractivity (Wildman–Crippen MR) is 159 cm³/mol. The topological polar surface area (TPSA) is 38.7 Å². The van der Waals surface area contributed by atoms with Crippen molar-refractivity contribution in [3.8, 4) is 17.2 Å². The number of allylic oxidation sites excluding steroid dienone is 2. The summed E-state index contributed by atoms with van der Waals surface area (Å²) in [4.78, 5) is 0. The Morgan fingerprint density at radius 1 is 0.649 bits per heavy atom. The number of ether oxygens (including phenoxy) is 2. The van der Waals surface area contributed by atoms with Gasteiger partial charge in [0.2, 0.25) is 0 Å². The van der Waals surface area contributed by atoms with E-state index in [0.717, 1.165) is 49.1 Å². The van der Waals surface area contributed by atoms with E-state index in [9.17, 15) is 5.11 Å². The lowest BCUT2D eigenvalue weighted by Crippen LogP contribution is -1.99. The molecule has 0 aliphatic carbocycles. The van der Waals surface area contributed by atoms with Crippen LogP contribution in [0.5, 0.6) is 17.2 Å². The standard InChI is InChI=1S/C23H21BrO2.C9H9BrO/c1-2-6-20-15-21(24)11-14-23(20)26-17-19-9-12-22(13-10-19)25-16-18-7-4-3-5-8-18;1-2-3-7-6-8(10)4-5-9(7)11/h2-5,7-15H,1,6,16-17H2;2,4-6,11H,1,3H2. The lowest BCUT2D eigenvalue weighted by Gasteiger charge is -2.12. The Kier molecular flexibility index (Phi) is 11.5. The van der Waals surface area contributed by atoms with Crippen LogP contribution >= 0.6 is 31.9 Å². The molecule has 0 atom stereocenters. The molecule has 5 heteroatoms. The van der Waals surface area contributed by atoms with Gasteiger partial charge in [0, 0.05) is 8.95 Å². The van der Waals surface area contributed by atoms with E-state index in [4.69, 9.17) is 9.47 Å². The molecule has 0 unspecified atom stereocenters. The molecule has 0 aliphatic heterocycles. The van der Waals surface area contributed by atoms with E-state index < -0.39 is 0 Å². The van der Waals surface area contributed by atoms with Crippen molar-refractivity contribution in [2.45, 2.75) is 26.1 Å². The quantitative estimate of drug-likeness (QED) is 0.179. The Morgan fingerprint density at radius 2 is 1.22 bits per heavy atom. The monoisotopic (exact) mass is 620 g/mol. The highest BCUT2D eigenvalue weighted by atomic mass is 79.9. The molecule has 0 heterocycles. The van der Waals surface area contributed by atoms with Crippen LogP contribution in [0.15, 0.2) is 125 Å². The van der Waals surface area contributed by atoms with E-state index in [1.807, 2.05) is 72.8 Å². The minimum absolute atomic E-state index is 0.327. The first-order chi connectivity index (χ1) is 18.0. The first-order valence-electron chi connectivity index (χ1n) is 11.8. The minimum Gasteiger partial charge on any atom is -0.508 e. The van der Waals surface area contributed by atoms with E-state index in [0.29, 0.717) is 25.4 Å². The Bertz CT molecular complexity index is 1290. The SMILES string of the molecule is C=CCc1cc(Br)ccc1O.C=CCc1cc(Br)ccc1OCc1ccc(OCc2ccccc2)cc1. The van der Waals surface area contributed by atoms with Crippen molar-refractivity contribution < 1.29 is 14.6 Å². The molecule has 4 aromatic rings. The largest absolute Gasteiger partial charge is 0.508 e. The van der Waals surface area contributed by atoms with Gasteiger partial charge in [-0.2, -0.15) is 0 Å². The zero-order valence-electron chi connectivity index (χ0n) is 20.6. The molecule has 4 rings (SSSR count). The molecule has 0 amide bonds. The molecule has 37 heavy (non-hydrogen) atoms. The van der Waals surface area contributed by atoms with Gasteiger partial charge < -0.3 is 14.6 Å². The van der Waals surface area contributed by atoms with Crippen molar-refractivity contribution in [2.24, 2.45) is 0 Å². The highest BCUT2D eigenvalue weighted by molar-refractivity contribution is 9.10. The van der Waals surface area contributed by atoms with E-state index in [-0.39, 0.29) is 0 Å². The van der Waals surface area contributed by atoms with Crippen molar-refractivity contribution in [1.82, 2.24) is 0 Å². The smallest absolute Gasteiger partial charge is 0.123 e. The van der Waals surface area contributed by atoms with Crippen molar-refractivity contribution in [3.63, 3.8) is 0 Å². The Labute approximate surface area is 236 Å². The predicted octanol–water partition coefficient (Wildman–Crippen LogP) is 9.22. The van der Waals surface area contributed by atoms with Crippen LogP contribution in [-0.2, 0) is 26.1 Å². The highest BCUT2D eigenvalue weighted by Crippen LogP contribution is 2.25. The average molecular weight is 622 g/mol. The molecule has 3 nitrogen and oxygen atoms in total. The third-order valence-electron chi connectivity index (χ3n) is 5.36. The van der Waals surface area contributed by atoms with Crippen molar-refractivity contribution in [1.29, 1.82) is 0 Å². The molecule has 0 spiro atoms. The second-order valence-corrected chi connectivity index (χ2v) is 10.0. The van der Waals surface area contributed by atoms with Crippen LogP contribution in [0.25, 0.3) is 0 Å². The molecule has 0 radical (unpaired) electrons. The van der Waals surface area contributed by atoms with Gasteiger partial charge in [0.25, 0.3) is 0 Å². The van der Waals surface area contributed by atoms with Crippen LogP contribution in [0.2, 0.25) is 0 Å². The van der Waals surface area contributed by atoms with E-state index in [1.54, 1.807) is 12.1 Å². The van der Waals surface area contributed by atoms with Gasteiger partial charge in [-0.25, -0.2) is 0 Å². The van der Waals surface area contributed by atoms with Crippen molar-refractivity contribution >= 4 is 31.9 Å². The van der Waals surface area contributed by atoms with Crippen molar-refractivity contribution in [3.05, 3.63) is 148 Å². The van der Waals surface area contributed by atoms with Gasteiger partial charge in [-0.15, -0.1) is 13.2 Å². The summed E-state index contributed by atoms with van der Waals surface area (Å²) in [6.45, 7) is 8.50. The Hall–Kier alpha value is -3.28. The van der Waals surface area contributed by atoms with E-state index >= 15 is 0 Å². The number of phenols is 1. The van der Waals surface area contributed by atoms with Crippen LogP contribution in [0.3, 0.4) is 0 Å². The van der Waals surface area contributed by atoms with Gasteiger partial charge in [-0.3, -0.25) is 0 Å². The maximum Gasteiger partial charge on any atom is 0.123 e. The minimum atomic E-state index is 0.327. The van der Waals surface area contributed by atoms with Crippen LogP contribution in [0, 0.1) is 0 Å². The third kappa shape index (κ3) is 9.60. The number of hydrogen-bond acceptors (Lipinski definition) is 3. The molecular formula is C32H30Br2O3. The maximum absolute atomic E-state index is 9.30. The summed E-state index contributed by atoms with van der Waals surface area (Å²) in [7, 11) is 0. The lowest BCUT2D eigenvalue weighted by atomic mass is 10.1. The molecule has 190 valence electrons. The van der Waals surface area contributed by atoms with Crippen LogP contribution in [-0.4, -0.2) is 5.11 Å². The second kappa shape index (κ2) is 15.1. The average Bonchev–Trinajstić information content (AvgIpc) is 2.91. The van der Waals surface area contributed by atoms with Gasteiger partial charge in [0.1, 0.15) is 30.5 Å². The summed E-state index contributed by atoms with van der Waals surface area (Å²) in [6.07, 6.45) is 5.13. The first-order valence-corrected chi connectivity index (χ1v) is 13.4. The fourth-order valence-corrected chi connectivity index (χ4v) is 4.28. The molecule has 4 aromatic carbocycles. The third-order valence-corrected chi connectivity index (χ3v) is 6.35. The number of benzene rings is 4. The number of phenolic OH excluding ortho intramolecular Hbond substituents is 1. The fourth-order valence-electron chi connectivity index (χ4n) is 3.46. The molecule has 0 aliphatic rings. The molecule has 0 saturated heterocycles. The number of hydrogen-bond donors (Lipinski definition) is 1. The van der Waals surface area contributed by atoms with Crippen molar-refractivity contribution in [2.75, 3.05) is 0 Å². The maximum atomic E-state index is 9.30. The molecule has 0 bridgehead atoms. The summed E-state index contributed by atoms with van der Waals surface area (Å²) in [5, 5.41) is 9.30. The Balaban J connectivity index is 0.000000289. The van der Waals surface area contributed by atoms with Crippen LogP contribution in [0.4, 0.5) is 0 Å². The van der Waals surface area contributed by atoms with E-state index in [1.165, 1.54) is 0 Å². The normalized spacial score (nSPS) is 10.1. The lowest BCUT2D eigenvalue weighted by molar-refractivity contribution is 0.299. The van der Waals surface area contributed by atoms with Crippen LogP contribution in [0.1, 0.15) is 22.3 Å². The molecular weight excluding hydrogens is 592 g/mol. The number of rotatable bonds is 10. The Morgan fingerprint density at radius 3 is 1.89 bits per heavy atom. The van der Waals surface area contributed by atoms with Gasteiger partial charge >= 0.3 is 0 Å². The van der Waals surface area contributed by atoms with Gasteiger partial charge in [0.15, 0.2) is 0 Å². The fraction of sp³-hybridized carbons (Fsp3) is 0.125. The first kappa shape index (κ1) is 28.3. The summed E-state index contributed by atoms with van der Waals surface area (Å²) in [5.74, 6) is 2.07. The second-order valence-electron chi connectivity index (χ2n) is 8.22. The zero-order valence-corrected chi connectivity index (χ0v) is 23.7. The molecule has 0 fully saturated rings. The summed E-state index contributed by atoms with van der Waals surface area (Å²) in [6, 6.07) is 29.6. The van der Waals surface area contributed by atoms with E-state index in [2.05, 4.69) is 63.2 Å². The number of halogens is 2. The highest BCUT2D eigenvalue weighted by Gasteiger charge is 2.05. The van der Waals surface area contributed by atoms with Gasteiger partial charge in [-0.05, 0) is 83.6 Å². The van der Waals surface area contributed by atoms with Gasteiger partial charge in [-0.1, -0.05) is 86.5 Å². The van der Waals surface area contributed by atoms with Gasteiger partial charge in [0.05, 0.1) is 0 Å². The van der Waals surface area contributed by atoms with Crippen LogP contribution < -0.4 is 9.47 Å². The summed E-state index contributed by atoms with van der Waals surface area (Å²) >= 11 is 6.82. The molecule has 0 saturated carbocycles. The zero-order chi connectivity index (χ0) is 26.5. The summed E-state index contributed by atoms with van der Waals surface area (Å²) in [5.41, 5.74) is 4.28.